The van der Waals surface area contributed by atoms with Gasteiger partial charge < -0.3 is 0 Å². The molecule has 0 radical (unpaired) electrons. The van der Waals surface area contributed by atoms with E-state index in [9.17, 15) is 0 Å². The molecular formula is C18H12ClP. The van der Waals surface area contributed by atoms with Gasteiger partial charge in [0.25, 0.3) is 0 Å². The lowest BCUT2D eigenvalue weighted by atomic mass is 9.98. The summed E-state index contributed by atoms with van der Waals surface area (Å²) in [5.74, 6) is 0. The maximum absolute atomic E-state index is 6.26. The first kappa shape index (κ1) is 12.1. The van der Waals surface area contributed by atoms with Gasteiger partial charge in [0.15, 0.2) is 0 Å². The molecule has 0 saturated heterocycles. The Labute approximate surface area is 123 Å². The van der Waals surface area contributed by atoms with Gasteiger partial charge >= 0.3 is 0 Å². The lowest BCUT2D eigenvalue weighted by molar-refractivity contribution is 1.79. The monoisotopic (exact) mass is 294 g/mol. The van der Waals surface area contributed by atoms with Crippen molar-refractivity contribution in [2.45, 2.75) is 0 Å². The van der Waals surface area contributed by atoms with E-state index in [1.165, 1.54) is 37.6 Å². The first-order valence-corrected chi connectivity index (χ1v) is 8.59. The van der Waals surface area contributed by atoms with Crippen LogP contribution in [0.2, 0.25) is 0 Å². The van der Waals surface area contributed by atoms with Gasteiger partial charge in [-0.05, 0) is 38.4 Å². The van der Waals surface area contributed by atoms with E-state index >= 15 is 0 Å². The van der Waals surface area contributed by atoms with Crippen LogP contribution >= 0.6 is 19.2 Å². The summed E-state index contributed by atoms with van der Waals surface area (Å²) < 4.78 is 0. The molecule has 0 bridgehead atoms. The summed E-state index contributed by atoms with van der Waals surface area (Å²) in [4.78, 5) is 0. The number of fused-ring (bicyclic) bond motifs is 4. The molecular weight excluding hydrogens is 283 g/mol. The molecule has 0 aromatic heterocycles. The van der Waals surface area contributed by atoms with Crippen molar-refractivity contribution in [3.05, 3.63) is 66.7 Å². The van der Waals surface area contributed by atoms with Crippen molar-refractivity contribution in [1.82, 2.24) is 0 Å². The number of hydrogen-bond acceptors (Lipinski definition) is 0. The van der Waals surface area contributed by atoms with Crippen LogP contribution in [-0.2, 0) is 0 Å². The molecule has 0 aliphatic rings. The van der Waals surface area contributed by atoms with Gasteiger partial charge in [-0.3, -0.25) is 0 Å². The largest absolute Gasteiger partial charge is 0.0948 e. The van der Waals surface area contributed by atoms with E-state index < -0.39 is 0 Å². The standard InChI is InChI=1S/C18H12ClP/c19-20-18-15-8-4-2-6-13(15)11-17-14-7-3-1-5-12(14)9-10-16(17)18/h1-11,20H. The Balaban J connectivity index is 2.30. The number of rotatable bonds is 1. The fourth-order valence-electron chi connectivity index (χ4n) is 2.92. The second-order valence-corrected chi connectivity index (χ2v) is 6.20. The minimum absolute atomic E-state index is 0.281. The topological polar surface area (TPSA) is 0 Å². The van der Waals surface area contributed by atoms with Crippen LogP contribution in [0, 0.1) is 0 Å². The van der Waals surface area contributed by atoms with Gasteiger partial charge in [0.2, 0.25) is 0 Å². The molecule has 4 aromatic carbocycles. The van der Waals surface area contributed by atoms with Crippen molar-refractivity contribution in [1.29, 1.82) is 0 Å². The third-order valence-electron chi connectivity index (χ3n) is 3.86. The summed E-state index contributed by atoms with van der Waals surface area (Å²) in [7, 11) is 0.281. The van der Waals surface area contributed by atoms with E-state index in [4.69, 9.17) is 11.2 Å². The predicted octanol–water partition coefficient (Wildman–Crippen LogP) is 5.60. The maximum atomic E-state index is 6.26. The highest BCUT2D eigenvalue weighted by Gasteiger charge is 2.08. The number of hydrogen-bond donors (Lipinski definition) is 0. The quantitative estimate of drug-likeness (QED) is 0.243. The van der Waals surface area contributed by atoms with Crippen LogP contribution in [0.4, 0.5) is 0 Å². The van der Waals surface area contributed by atoms with Gasteiger partial charge in [0.05, 0.1) is 0 Å². The van der Waals surface area contributed by atoms with Gasteiger partial charge in [-0.2, -0.15) is 0 Å². The summed E-state index contributed by atoms with van der Waals surface area (Å²) in [6, 6.07) is 23.7. The summed E-state index contributed by atoms with van der Waals surface area (Å²) in [5.41, 5.74) is 0. The van der Waals surface area contributed by atoms with E-state index in [2.05, 4.69) is 66.7 Å². The van der Waals surface area contributed by atoms with E-state index in [0.29, 0.717) is 0 Å². The highest BCUT2D eigenvalue weighted by atomic mass is 35.7. The third kappa shape index (κ3) is 1.73. The average Bonchev–Trinajstić information content (AvgIpc) is 2.52. The van der Waals surface area contributed by atoms with Crippen LogP contribution < -0.4 is 5.30 Å². The Kier molecular flexibility index (Phi) is 2.88. The smallest absolute Gasteiger partial charge is 0.00786 e. The zero-order valence-electron chi connectivity index (χ0n) is 10.7. The Morgan fingerprint density at radius 3 is 2.10 bits per heavy atom. The molecule has 96 valence electrons. The minimum atomic E-state index is 0.281. The molecule has 1 atom stereocenters. The maximum Gasteiger partial charge on any atom is 0.00786 e. The third-order valence-corrected chi connectivity index (χ3v) is 5.16. The normalized spacial score (nSPS) is 12.1. The molecule has 0 saturated carbocycles. The Morgan fingerprint density at radius 1 is 0.600 bits per heavy atom. The minimum Gasteiger partial charge on any atom is -0.0948 e. The van der Waals surface area contributed by atoms with Crippen molar-refractivity contribution >= 4 is 56.8 Å². The van der Waals surface area contributed by atoms with Crippen LogP contribution in [-0.4, -0.2) is 0 Å². The summed E-state index contributed by atoms with van der Waals surface area (Å²) in [5, 5.41) is 8.93. The molecule has 0 spiro atoms. The Morgan fingerprint density at radius 2 is 1.30 bits per heavy atom. The Hall–Kier alpha value is -1.62. The van der Waals surface area contributed by atoms with E-state index in [1.807, 2.05) is 0 Å². The fourth-order valence-corrected chi connectivity index (χ4v) is 4.18. The van der Waals surface area contributed by atoms with Gasteiger partial charge in [-0.25, -0.2) is 0 Å². The number of benzene rings is 4. The van der Waals surface area contributed by atoms with Gasteiger partial charge in [-0.1, -0.05) is 71.9 Å². The zero-order valence-corrected chi connectivity index (χ0v) is 12.5. The van der Waals surface area contributed by atoms with Gasteiger partial charge in [-0.15, -0.1) is 0 Å². The van der Waals surface area contributed by atoms with Crippen LogP contribution in [0.3, 0.4) is 0 Å². The molecule has 0 nitrogen and oxygen atoms in total. The number of halogens is 1. The fraction of sp³-hybridized carbons (Fsp3) is 0. The molecule has 0 aliphatic heterocycles. The molecule has 0 N–H and O–H groups in total. The van der Waals surface area contributed by atoms with Crippen LogP contribution in [0.1, 0.15) is 0 Å². The molecule has 4 aromatic rings. The molecule has 2 heteroatoms. The first-order chi connectivity index (χ1) is 9.88. The summed E-state index contributed by atoms with van der Waals surface area (Å²) in [6.07, 6.45) is 0. The van der Waals surface area contributed by atoms with Crippen molar-refractivity contribution in [2.24, 2.45) is 0 Å². The molecule has 0 aliphatic carbocycles. The molecule has 1 unspecified atom stereocenters. The second kappa shape index (κ2) is 4.74. The second-order valence-electron chi connectivity index (χ2n) is 4.95. The zero-order chi connectivity index (χ0) is 13.5. The van der Waals surface area contributed by atoms with E-state index in [1.54, 1.807) is 0 Å². The lowest BCUT2D eigenvalue weighted by Crippen LogP contribution is -1.98. The highest BCUT2D eigenvalue weighted by Crippen LogP contribution is 2.33. The van der Waals surface area contributed by atoms with E-state index in [0.717, 1.165) is 0 Å². The van der Waals surface area contributed by atoms with Crippen molar-refractivity contribution in [3.8, 4) is 0 Å². The van der Waals surface area contributed by atoms with Crippen LogP contribution in [0.15, 0.2) is 66.7 Å². The highest BCUT2D eigenvalue weighted by molar-refractivity contribution is 7.75. The van der Waals surface area contributed by atoms with Crippen molar-refractivity contribution in [3.63, 3.8) is 0 Å². The van der Waals surface area contributed by atoms with Crippen molar-refractivity contribution < 1.29 is 0 Å². The lowest BCUT2D eigenvalue weighted by Gasteiger charge is -2.11. The SMILES string of the molecule is ClPc1c2ccccc2cc2c1ccc1ccccc12. The van der Waals surface area contributed by atoms with Crippen molar-refractivity contribution in [2.75, 3.05) is 0 Å². The molecule has 0 heterocycles. The van der Waals surface area contributed by atoms with Gasteiger partial charge in [0.1, 0.15) is 0 Å². The average molecular weight is 295 g/mol. The molecule has 0 amide bonds. The summed E-state index contributed by atoms with van der Waals surface area (Å²) in [6.45, 7) is 0. The summed E-state index contributed by atoms with van der Waals surface area (Å²) >= 11 is 6.26. The molecule has 0 fully saturated rings. The Bertz CT molecular complexity index is 944. The predicted molar refractivity (Wildman–Crippen MR) is 92.8 cm³/mol. The van der Waals surface area contributed by atoms with Crippen LogP contribution in [0.25, 0.3) is 32.3 Å². The van der Waals surface area contributed by atoms with Gasteiger partial charge in [0, 0.05) is 13.2 Å². The van der Waals surface area contributed by atoms with Crippen LogP contribution in [0.5, 0.6) is 0 Å². The van der Waals surface area contributed by atoms with E-state index in [-0.39, 0.29) is 7.93 Å². The molecule has 20 heavy (non-hydrogen) atoms. The molecule has 4 rings (SSSR count). The first-order valence-electron chi connectivity index (χ1n) is 6.58.